The second kappa shape index (κ2) is 6.67. The number of hydrogen-bond donors (Lipinski definition) is 1. The van der Waals surface area contributed by atoms with Crippen LogP contribution >= 0.6 is 22.9 Å². The van der Waals surface area contributed by atoms with Gasteiger partial charge in [-0.2, -0.15) is 0 Å². The molecule has 0 saturated carbocycles. The Hall–Kier alpha value is -2.69. The molecule has 0 unspecified atom stereocenters. The summed E-state index contributed by atoms with van der Waals surface area (Å²) in [5.41, 5.74) is 2.85. The molecule has 0 fully saturated rings. The maximum Gasteiger partial charge on any atom is 0.256 e. The minimum absolute atomic E-state index is 0.182. The molecule has 2 heterocycles. The number of benzene rings is 2. The summed E-state index contributed by atoms with van der Waals surface area (Å²) in [6, 6.07) is 20.6. The van der Waals surface area contributed by atoms with Crippen molar-refractivity contribution in [1.82, 2.24) is 4.98 Å². The zero-order valence-electron chi connectivity index (χ0n) is 13.1. The van der Waals surface area contributed by atoms with Crippen molar-refractivity contribution < 1.29 is 4.79 Å². The van der Waals surface area contributed by atoms with E-state index in [1.54, 1.807) is 29.5 Å². The van der Waals surface area contributed by atoms with Crippen LogP contribution in [0.2, 0.25) is 5.02 Å². The fourth-order valence-electron chi connectivity index (χ4n) is 2.68. The fourth-order valence-corrected chi connectivity index (χ4v) is 3.55. The quantitative estimate of drug-likeness (QED) is 0.494. The van der Waals surface area contributed by atoms with Gasteiger partial charge >= 0.3 is 0 Å². The molecule has 0 aliphatic heterocycles. The third-order valence-electron chi connectivity index (χ3n) is 3.82. The number of halogens is 1. The van der Waals surface area contributed by atoms with E-state index in [0.29, 0.717) is 16.3 Å². The smallest absolute Gasteiger partial charge is 0.256 e. The monoisotopic (exact) mass is 364 g/mol. The molecule has 0 aliphatic rings. The van der Waals surface area contributed by atoms with Gasteiger partial charge in [0.25, 0.3) is 5.91 Å². The molecular weight excluding hydrogens is 352 g/mol. The average molecular weight is 365 g/mol. The number of nitrogens with zero attached hydrogens (tertiary/aromatic N) is 1. The third-order valence-corrected chi connectivity index (χ3v) is 4.94. The van der Waals surface area contributed by atoms with E-state index in [2.05, 4.69) is 5.32 Å². The fraction of sp³-hybridized carbons (Fsp3) is 0. The number of thiophene rings is 1. The van der Waals surface area contributed by atoms with Crippen molar-refractivity contribution in [3.05, 3.63) is 82.7 Å². The Morgan fingerprint density at radius 2 is 1.88 bits per heavy atom. The predicted molar refractivity (Wildman–Crippen MR) is 104 cm³/mol. The maximum absolute atomic E-state index is 12.9. The van der Waals surface area contributed by atoms with Gasteiger partial charge in [0, 0.05) is 16.1 Å². The highest BCUT2D eigenvalue weighted by Crippen LogP contribution is 2.28. The molecule has 3 nitrogen and oxygen atoms in total. The summed E-state index contributed by atoms with van der Waals surface area (Å²) in [6.07, 6.45) is 0. The van der Waals surface area contributed by atoms with Gasteiger partial charge in [-0.05, 0) is 41.8 Å². The van der Waals surface area contributed by atoms with Crippen LogP contribution in [0.3, 0.4) is 0 Å². The minimum atomic E-state index is -0.182. The molecule has 4 aromatic rings. The number of carbonyl (C=O) groups excluding carboxylic acids is 1. The lowest BCUT2D eigenvalue weighted by atomic mass is 10.1. The molecule has 0 aliphatic carbocycles. The van der Waals surface area contributed by atoms with Crippen LogP contribution in [0.1, 0.15) is 10.4 Å². The number of amides is 1. The standard InChI is InChI=1S/C20H13ClN2OS/c21-13-5-3-6-14(11-13)22-20(24)16-12-18(19-9-4-10-25-19)23-17-8-2-1-7-15(16)17/h1-12H,(H,22,24). The number of hydrogen-bond acceptors (Lipinski definition) is 3. The van der Waals surface area contributed by atoms with E-state index in [1.807, 2.05) is 53.9 Å². The van der Waals surface area contributed by atoms with E-state index >= 15 is 0 Å². The van der Waals surface area contributed by atoms with E-state index in [9.17, 15) is 4.79 Å². The molecule has 4 rings (SSSR count). The van der Waals surface area contributed by atoms with Crippen molar-refractivity contribution in [1.29, 1.82) is 0 Å². The zero-order chi connectivity index (χ0) is 17.2. The number of carbonyl (C=O) groups is 1. The second-order valence-electron chi connectivity index (χ2n) is 5.51. The number of aromatic nitrogens is 1. The summed E-state index contributed by atoms with van der Waals surface area (Å²) in [6.45, 7) is 0. The van der Waals surface area contributed by atoms with Gasteiger partial charge in [-0.15, -0.1) is 11.3 Å². The second-order valence-corrected chi connectivity index (χ2v) is 6.90. The summed E-state index contributed by atoms with van der Waals surface area (Å²) in [7, 11) is 0. The van der Waals surface area contributed by atoms with Gasteiger partial charge in [0.05, 0.1) is 21.7 Å². The molecule has 5 heteroatoms. The van der Waals surface area contributed by atoms with E-state index in [1.165, 1.54) is 0 Å². The summed E-state index contributed by atoms with van der Waals surface area (Å²) in [5, 5.41) is 6.32. The number of fused-ring (bicyclic) bond motifs is 1. The van der Waals surface area contributed by atoms with Gasteiger partial charge in [-0.25, -0.2) is 4.98 Å². The highest BCUT2D eigenvalue weighted by molar-refractivity contribution is 7.13. The lowest BCUT2D eigenvalue weighted by Crippen LogP contribution is -2.13. The van der Waals surface area contributed by atoms with Crippen molar-refractivity contribution in [2.75, 3.05) is 5.32 Å². The predicted octanol–water partition coefficient (Wildman–Crippen LogP) is 5.87. The first-order valence-corrected chi connectivity index (χ1v) is 8.97. The summed E-state index contributed by atoms with van der Waals surface area (Å²) in [4.78, 5) is 18.6. The van der Waals surface area contributed by atoms with Crippen molar-refractivity contribution in [2.24, 2.45) is 0 Å². The van der Waals surface area contributed by atoms with Gasteiger partial charge in [0.2, 0.25) is 0 Å². The SMILES string of the molecule is O=C(Nc1cccc(Cl)c1)c1cc(-c2cccs2)nc2ccccc12. The Labute approximate surface area is 153 Å². The Balaban J connectivity index is 1.80. The zero-order valence-corrected chi connectivity index (χ0v) is 14.6. The number of rotatable bonds is 3. The molecule has 0 radical (unpaired) electrons. The molecule has 0 saturated heterocycles. The van der Waals surface area contributed by atoms with E-state index in [4.69, 9.17) is 16.6 Å². The number of pyridine rings is 1. The van der Waals surface area contributed by atoms with Crippen LogP contribution in [0.5, 0.6) is 0 Å². The van der Waals surface area contributed by atoms with E-state index < -0.39 is 0 Å². The van der Waals surface area contributed by atoms with Crippen LogP contribution in [-0.4, -0.2) is 10.9 Å². The molecule has 25 heavy (non-hydrogen) atoms. The molecule has 2 aromatic carbocycles. The van der Waals surface area contributed by atoms with E-state index in [0.717, 1.165) is 21.5 Å². The Morgan fingerprint density at radius 3 is 2.68 bits per heavy atom. The molecule has 1 amide bonds. The van der Waals surface area contributed by atoms with Crippen molar-refractivity contribution >= 4 is 45.4 Å². The first-order valence-electron chi connectivity index (χ1n) is 7.71. The number of para-hydroxylation sites is 1. The summed E-state index contributed by atoms with van der Waals surface area (Å²) < 4.78 is 0. The van der Waals surface area contributed by atoms with Gasteiger partial charge in [0.1, 0.15) is 0 Å². The first-order chi connectivity index (χ1) is 12.2. The molecule has 0 bridgehead atoms. The van der Waals surface area contributed by atoms with Crippen LogP contribution in [0.4, 0.5) is 5.69 Å². The molecule has 0 atom stereocenters. The normalized spacial score (nSPS) is 10.8. The molecule has 2 aromatic heterocycles. The maximum atomic E-state index is 12.9. The topological polar surface area (TPSA) is 42.0 Å². The van der Waals surface area contributed by atoms with Gasteiger partial charge < -0.3 is 5.32 Å². The largest absolute Gasteiger partial charge is 0.322 e. The van der Waals surface area contributed by atoms with Crippen molar-refractivity contribution in [3.63, 3.8) is 0 Å². The average Bonchev–Trinajstić information content (AvgIpc) is 3.15. The van der Waals surface area contributed by atoms with Crippen LogP contribution in [0, 0.1) is 0 Å². The van der Waals surface area contributed by atoms with Gasteiger partial charge in [-0.1, -0.05) is 41.9 Å². The highest BCUT2D eigenvalue weighted by Gasteiger charge is 2.14. The Bertz CT molecular complexity index is 1060. The lowest BCUT2D eigenvalue weighted by Gasteiger charge is -2.10. The van der Waals surface area contributed by atoms with Crippen LogP contribution in [0.15, 0.2) is 72.1 Å². The third kappa shape index (κ3) is 3.27. The van der Waals surface area contributed by atoms with Crippen LogP contribution in [0.25, 0.3) is 21.5 Å². The number of anilines is 1. The van der Waals surface area contributed by atoms with Gasteiger partial charge in [-0.3, -0.25) is 4.79 Å². The van der Waals surface area contributed by atoms with Crippen molar-refractivity contribution in [2.45, 2.75) is 0 Å². The lowest BCUT2D eigenvalue weighted by molar-refractivity contribution is 0.102. The van der Waals surface area contributed by atoms with Gasteiger partial charge in [0.15, 0.2) is 0 Å². The molecular formula is C20H13ClN2OS. The van der Waals surface area contributed by atoms with Crippen molar-refractivity contribution in [3.8, 4) is 10.6 Å². The summed E-state index contributed by atoms with van der Waals surface area (Å²) in [5.74, 6) is -0.182. The first kappa shape index (κ1) is 15.8. The molecule has 0 spiro atoms. The molecule has 122 valence electrons. The Kier molecular flexibility index (Phi) is 4.22. The van der Waals surface area contributed by atoms with Crippen LogP contribution < -0.4 is 5.32 Å². The van der Waals surface area contributed by atoms with E-state index in [-0.39, 0.29) is 5.91 Å². The number of nitrogens with one attached hydrogen (secondary N) is 1. The Morgan fingerprint density at radius 1 is 1.00 bits per heavy atom. The van der Waals surface area contributed by atoms with Crippen LogP contribution in [-0.2, 0) is 0 Å². The highest BCUT2D eigenvalue weighted by atomic mass is 35.5. The minimum Gasteiger partial charge on any atom is -0.322 e. The summed E-state index contributed by atoms with van der Waals surface area (Å²) >= 11 is 7.60. The molecule has 1 N–H and O–H groups in total.